The zero-order chi connectivity index (χ0) is 24.7. The first-order valence-electron chi connectivity index (χ1n) is 11.3. The van der Waals surface area contributed by atoms with E-state index in [0.29, 0.717) is 18.5 Å². The summed E-state index contributed by atoms with van der Waals surface area (Å²) in [5.41, 5.74) is 2.86. The monoisotopic (exact) mass is 506 g/mol. The second-order valence-corrected chi connectivity index (χ2v) is 9.85. The largest absolute Gasteiger partial charge is 0.315 e. The van der Waals surface area contributed by atoms with Crippen molar-refractivity contribution in [2.24, 2.45) is 0 Å². The van der Waals surface area contributed by atoms with Crippen molar-refractivity contribution in [3.05, 3.63) is 101 Å². The number of nitrogens with one attached hydrogen (secondary N) is 2. The molecule has 0 saturated heterocycles. The smallest absolute Gasteiger partial charge is 0.269 e. The molecule has 3 aromatic carbocycles. The van der Waals surface area contributed by atoms with Gasteiger partial charge in [-0.05, 0) is 54.3 Å². The highest BCUT2D eigenvalue weighted by molar-refractivity contribution is 7.89. The number of hydrogen-bond acceptors (Lipinski definition) is 6. The van der Waals surface area contributed by atoms with Crippen LogP contribution in [0.3, 0.4) is 0 Å². The van der Waals surface area contributed by atoms with E-state index in [0.717, 1.165) is 34.9 Å². The number of nitro groups is 1. The number of pyridine rings is 1. The van der Waals surface area contributed by atoms with Gasteiger partial charge in [0.2, 0.25) is 10.0 Å². The highest BCUT2D eigenvalue weighted by Crippen LogP contribution is 2.30. The highest BCUT2D eigenvalue weighted by Gasteiger charge is 2.18. The number of rotatable bonds is 11. The van der Waals surface area contributed by atoms with Gasteiger partial charge in [0.25, 0.3) is 5.69 Å². The summed E-state index contributed by atoms with van der Waals surface area (Å²) in [6.07, 6.45) is 4.88. The Morgan fingerprint density at radius 1 is 0.889 bits per heavy atom. The fourth-order valence-electron chi connectivity index (χ4n) is 3.87. The molecule has 0 spiro atoms. The van der Waals surface area contributed by atoms with Gasteiger partial charge in [-0.2, -0.15) is 0 Å². The second-order valence-electron chi connectivity index (χ2n) is 8.11. The maximum absolute atomic E-state index is 13.2. The molecule has 1 heterocycles. The fourth-order valence-corrected chi connectivity index (χ4v) is 5.16. The minimum atomic E-state index is -3.74. The van der Waals surface area contributed by atoms with Crippen LogP contribution in [0.1, 0.15) is 19.4 Å². The molecule has 188 valence electrons. The first-order chi connectivity index (χ1) is 16.9. The van der Waals surface area contributed by atoms with Gasteiger partial charge in [-0.15, -0.1) is 0 Å². The lowest BCUT2D eigenvalue weighted by Gasteiger charge is -2.13. The summed E-state index contributed by atoms with van der Waals surface area (Å²) in [7, 11) is -3.74. The van der Waals surface area contributed by atoms with Crippen molar-refractivity contribution >= 4 is 26.5 Å². The van der Waals surface area contributed by atoms with Crippen LogP contribution in [0.2, 0.25) is 0 Å². The van der Waals surface area contributed by atoms with Gasteiger partial charge >= 0.3 is 0 Å². The average molecular weight is 507 g/mol. The number of non-ortho nitro benzene ring substituents is 1. The molecule has 0 radical (unpaired) electrons. The van der Waals surface area contributed by atoms with Crippen molar-refractivity contribution in [3.8, 4) is 11.1 Å². The standard InChI is InChI=1S/C26H26N4O4S.CH4/c31-30(32)24-10-8-20(9-11-24)5-4-13-27-15-16-29-35(33,34)26-18-22(21-6-2-1-3-7-21)17-23-19-28-14-12-25(23)26;/h1-3,6-12,14,17-19,27,29H,4-5,13,15-16H2;1H4. The topological polar surface area (TPSA) is 114 Å². The van der Waals surface area contributed by atoms with E-state index in [9.17, 15) is 18.5 Å². The lowest BCUT2D eigenvalue weighted by molar-refractivity contribution is -0.384. The minimum Gasteiger partial charge on any atom is -0.315 e. The molecule has 1 aromatic heterocycles. The van der Waals surface area contributed by atoms with E-state index >= 15 is 0 Å². The van der Waals surface area contributed by atoms with Crippen LogP contribution >= 0.6 is 0 Å². The zero-order valence-electron chi connectivity index (χ0n) is 19.1. The maximum atomic E-state index is 13.2. The summed E-state index contributed by atoms with van der Waals surface area (Å²) in [5.74, 6) is 0. The van der Waals surface area contributed by atoms with E-state index in [-0.39, 0.29) is 24.6 Å². The molecule has 0 amide bonds. The third kappa shape index (κ3) is 6.72. The number of sulfonamides is 1. The van der Waals surface area contributed by atoms with Gasteiger partial charge in [-0.1, -0.05) is 49.9 Å². The number of nitro benzene ring substituents is 1. The molecule has 0 fully saturated rings. The molecule has 0 aliphatic rings. The number of fused-ring (bicyclic) bond motifs is 1. The number of nitrogens with zero attached hydrogens (tertiary/aromatic N) is 2. The molecule has 0 bridgehead atoms. The molecule has 8 nitrogen and oxygen atoms in total. The molecule has 2 N–H and O–H groups in total. The van der Waals surface area contributed by atoms with Gasteiger partial charge in [0.1, 0.15) is 0 Å². The van der Waals surface area contributed by atoms with E-state index in [1.54, 1.807) is 36.7 Å². The van der Waals surface area contributed by atoms with Crippen LogP contribution in [0.25, 0.3) is 21.9 Å². The summed E-state index contributed by atoms with van der Waals surface area (Å²) in [6, 6.07) is 21.6. The van der Waals surface area contributed by atoms with Crippen LogP contribution in [0.5, 0.6) is 0 Å². The van der Waals surface area contributed by atoms with Crippen molar-refractivity contribution in [2.45, 2.75) is 25.2 Å². The molecule has 9 heteroatoms. The molecular formula is C27H30N4O4S. The number of aromatic nitrogens is 1. The van der Waals surface area contributed by atoms with Gasteiger partial charge in [0, 0.05) is 48.4 Å². The Balaban J connectivity index is 0.00000361. The second kappa shape index (κ2) is 12.3. The maximum Gasteiger partial charge on any atom is 0.269 e. The van der Waals surface area contributed by atoms with Gasteiger partial charge < -0.3 is 5.32 Å². The van der Waals surface area contributed by atoms with E-state index in [1.807, 2.05) is 36.4 Å². The predicted octanol–water partition coefficient (Wildman–Crippen LogP) is 4.95. The molecule has 0 atom stereocenters. The van der Waals surface area contributed by atoms with Crippen molar-refractivity contribution in [2.75, 3.05) is 19.6 Å². The average Bonchev–Trinajstić information content (AvgIpc) is 2.88. The van der Waals surface area contributed by atoms with E-state index in [4.69, 9.17) is 0 Å². The molecule has 4 rings (SSSR count). The van der Waals surface area contributed by atoms with Crippen LogP contribution < -0.4 is 10.0 Å². The molecular weight excluding hydrogens is 476 g/mol. The number of aryl methyl sites for hydroxylation is 1. The summed E-state index contributed by atoms with van der Waals surface area (Å²) in [4.78, 5) is 14.7. The SMILES string of the molecule is C.O=[N+]([O-])c1ccc(CCCNCCNS(=O)(=O)c2cc(-c3ccccc3)cc3cnccc23)cc1. The van der Waals surface area contributed by atoms with Crippen LogP contribution in [0, 0.1) is 10.1 Å². The summed E-state index contributed by atoms with van der Waals surface area (Å²) >= 11 is 0. The minimum absolute atomic E-state index is 0. The van der Waals surface area contributed by atoms with E-state index < -0.39 is 14.9 Å². The Morgan fingerprint density at radius 3 is 2.36 bits per heavy atom. The molecule has 0 aliphatic heterocycles. The molecule has 0 aliphatic carbocycles. The normalized spacial score (nSPS) is 11.2. The van der Waals surface area contributed by atoms with Gasteiger partial charge in [-0.25, -0.2) is 13.1 Å². The first-order valence-corrected chi connectivity index (χ1v) is 12.8. The third-order valence-electron chi connectivity index (χ3n) is 5.67. The Hall–Kier alpha value is -3.66. The third-order valence-corrected chi connectivity index (χ3v) is 7.17. The van der Waals surface area contributed by atoms with Crippen LogP contribution in [-0.2, 0) is 16.4 Å². The predicted molar refractivity (Wildman–Crippen MR) is 143 cm³/mol. The molecule has 0 saturated carbocycles. The van der Waals surface area contributed by atoms with Crippen molar-refractivity contribution in [1.29, 1.82) is 0 Å². The van der Waals surface area contributed by atoms with Crippen molar-refractivity contribution < 1.29 is 13.3 Å². The zero-order valence-corrected chi connectivity index (χ0v) is 19.9. The van der Waals surface area contributed by atoms with Gasteiger partial charge in [0.05, 0.1) is 9.82 Å². The molecule has 36 heavy (non-hydrogen) atoms. The van der Waals surface area contributed by atoms with Gasteiger partial charge in [0.15, 0.2) is 0 Å². The van der Waals surface area contributed by atoms with Gasteiger partial charge in [-0.3, -0.25) is 15.1 Å². The summed E-state index contributed by atoms with van der Waals surface area (Å²) < 4.78 is 29.0. The quantitative estimate of drug-likeness (QED) is 0.169. The van der Waals surface area contributed by atoms with Crippen LogP contribution in [0.15, 0.2) is 90.1 Å². The highest BCUT2D eigenvalue weighted by atomic mass is 32.2. The first kappa shape index (κ1) is 26.9. The Kier molecular flexibility index (Phi) is 9.24. The Morgan fingerprint density at radius 2 is 1.64 bits per heavy atom. The fraction of sp³-hybridized carbons (Fsp3) is 0.222. The van der Waals surface area contributed by atoms with E-state index in [1.165, 1.54) is 12.1 Å². The molecule has 0 unspecified atom stereocenters. The lowest BCUT2D eigenvalue weighted by Crippen LogP contribution is -2.32. The van der Waals surface area contributed by atoms with Crippen molar-refractivity contribution in [1.82, 2.24) is 15.0 Å². The summed E-state index contributed by atoms with van der Waals surface area (Å²) in [6.45, 7) is 1.44. The Bertz CT molecular complexity index is 1410. The van der Waals surface area contributed by atoms with Crippen LogP contribution in [0.4, 0.5) is 5.69 Å². The van der Waals surface area contributed by atoms with E-state index in [2.05, 4.69) is 15.0 Å². The lowest BCUT2D eigenvalue weighted by atomic mass is 10.0. The number of benzene rings is 3. The number of hydrogen-bond donors (Lipinski definition) is 2. The van der Waals surface area contributed by atoms with Crippen LogP contribution in [-0.4, -0.2) is 38.0 Å². The van der Waals surface area contributed by atoms with Crippen molar-refractivity contribution in [3.63, 3.8) is 0 Å². The molecule has 4 aromatic rings. The summed E-state index contributed by atoms with van der Waals surface area (Å²) in [5, 5.41) is 15.4. The Labute approximate surface area is 211 Å².